The molecule has 1 aromatic rings. The van der Waals surface area contributed by atoms with E-state index >= 15 is 0 Å². The van der Waals surface area contributed by atoms with Gasteiger partial charge in [-0.3, -0.25) is 0 Å². The fourth-order valence-corrected chi connectivity index (χ4v) is 2.58. The molecule has 6 heteroatoms. The van der Waals surface area contributed by atoms with Crippen LogP contribution in [0.5, 0.6) is 5.88 Å². The Hall–Kier alpha value is -1.56. The summed E-state index contributed by atoms with van der Waals surface area (Å²) in [7, 11) is 0. The van der Waals surface area contributed by atoms with Crippen LogP contribution in [0.15, 0.2) is 6.33 Å². The van der Waals surface area contributed by atoms with E-state index in [1.165, 1.54) is 19.2 Å². The van der Waals surface area contributed by atoms with E-state index in [0.29, 0.717) is 42.1 Å². The molecule has 2 heterocycles. The number of nitrogens with two attached hydrogens (primary N) is 1. The van der Waals surface area contributed by atoms with Gasteiger partial charge in [-0.05, 0) is 32.1 Å². The largest absolute Gasteiger partial charge is 0.476 e. The molecule has 0 bridgehead atoms. The zero-order valence-electron chi connectivity index (χ0n) is 11.1. The van der Waals surface area contributed by atoms with E-state index in [-0.39, 0.29) is 0 Å². The number of anilines is 2. The van der Waals surface area contributed by atoms with Crippen molar-refractivity contribution in [1.82, 2.24) is 9.97 Å². The van der Waals surface area contributed by atoms with Crippen molar-refractivity contribution in [2.24, 2.45) is 5.92 Å². The molecule has 2 aliphatic rings. The summed E-state index contributed by atoms with van der Waals surface area (Å²) >= 11 is 0. The SMILES string of the molecule is CCOc1ncnc(NC2CCOC2C2CC2)c1N. The molecule has 19 heavy (non-hydrogen) atoms. The Labute approximate surface area is 112 Å². The zero-order valence-corrected chi connectivity index (χ0v) is 11.1. The Morgan fingerprint density at radius 1 is 1.42 bits per heavy atom. The van der Waals surface area contributed by atoms with E-state index in [0.717, 1.165) is 13.0 Å². The van der Waals surface area contributed by atoms with Gasteiger partial charge in [0.15, 0.2) is 5.82 Å². The lowest BCUT2D eigenvalue weighted by Gasteiger charge is -2.21. The van der Waals surface area contributed by atoms with Crippen molar-refractivity contribution in [2.45, 2.75) is 38.3 Å². The molecule has 2 fully saturated rings. The van der Waals surface area contributed by atoms with E-state index in [4.69, 9.17) is 15.2 Å². The van der Waals surface area contributed by atoms with Crippen molar-refractivity contribution in [1.29, 1.82) is 0 Å². The van der Waals surface area contributed by atoms with Crippen molar-refractivity contribution in [3.63, 3.8) is 0 Å². The molecule has 2 unspecified atom stereocenters. The van der Waals surface area contributed by atoms with Gasteiger partial charge in [0.1, 0.15) is 12.0 Å². The molecule has 6 nitrogen and oxygen atoms in total. The van der Waals surface area contributed by atoms with E-state index in [2.05, 4.69) is 15.3 Å². The molecule has 0 aromatic carbocycles. The summed E-state index contributed by atoms with van der Waals surface area (Å²) in [5, 5.41) is 3.40. The first kappa shape index (κ1) is 12.5. The van der Waals surface area contributed by atoms with Crippen LogP contribution >= 0.6 is 0 Å². The van der Waals surface area contributed by atoms with Gasteiger partial charge in [-0.25, -0.2) is 4.98 Å². The third-order valence-electron chi connectivity index (χ3n) is 3.67. The lowest BCUT2D eigenvalue weighted by molar-refractivity contribution is 0.0898. The summed E-state index contributed by atoms with van der Waals surface area (Å²) in [4.78, 5) is 8.26. The summed E-state index contributed by atoms with van der Waals surface area (Å²) in [6, 6.07) is 0.291. The number of rotatable bonds is 5. The second kappa shape index (κ2) is 5.21. The van der Waals surface area contributed by atoms with Gasteiger partial charge in [-0.1, -0.05) is 0 Å². The molecular formula is C13H20N4O2. The number of hydrogen-bond donors (Lipinski definition) is 2. The molecule has 3 N–H and O–H groups in total. The molecule has 3 rings (SSSR count). The summed E-state index contributed by atoms with van der Waals surface area (Å²) in [6.07, 6.45) is 5.31. The van der Waals surface area contributed by atoms with Gasteiger partial charge in [0.05, 0.1) is 18.8 Å². The number of aromatic nitrogens is 2. The molecule has 1 aromatic heterocycles. The molecular weight excluding hydrogens is 244 g/mol. The first-order valence-electron chi connectivity index (χ1n) is 6.91. The average molecular weight is 264 g/mol. The molecule has 0 spiro atoms. The average Bonchev–Trinajstić information content (AvgIpc) is 3.15. The Kier molecular flexibility index (Phi) is 3.42. The number of nitrogens with one attached hydrogen (secondary N) is 1. The van der Waals surface area contributed by atoms with Gasteiger partial charge >= 0.3 is 0 Å². The van der Waals surface area contributed by atoms with Crippen molar-refractivity contribution in [3.05, 3.63) is 6.33 Å². The topological polar surface area (TPSA) is 82.3 Å². The van der Waals surface area contributed by atoms with E-state index in [9.17, 15) is 0 Å². The zero-order chi connectivity index (χ0) is 13.2. The summed E-state index contributed by atoms with van der Waals surface area (Å²) in [6.45, 7) is 3.25. The van der Waals surface area contributed by atoms with Crippen LogP contribution in [-0.2, 0) is 4.74 Å². The maximum atomic E-state index is 6.03. The first-order valence-corrected chi connectivity index (χ1v) is 6.91. The molecule has 1 saturated carbocycles. The number of hydrogen-bond acceptors (Lipinski definition) is 6. The third kappa shape index (κ3) is 2.58. The van der Waals surface area contributed by atoms with Gasteiger partial charge in [0.2, 0.25) is 5.88 Å². The Morgan fingerprint density at radius 3 is 3.00 bits per heavy atom. The van der Waals surface area contributed by atoms with Crippen molar-refractivity contribution in [2.75, 3.05) is 24.3 Å². The highest BCUT2D eigenvalue weighted by molar-refractivity contribution is 5.66. The monoisotopic (exact) mass is 264 g/mol. The van der Waals surface area contributed by atoms with Crippen molar-refractivity contribution < 1.29 is 9.47 Å². The lowest BCUT2D eigenvalue weighted by atomic mass is 10.1. The van der Waals surface area contributed by atoms with E-state index in [1.807, 2.05) is 6.92 Å². The minimum atomic E-state index is 0.291. The fraction of sp³-hybridized carbons (Fsp3) is 0.692. The third-order valence-corrected chi connectivity index (χ3v) is 3.67. The molecule has 1 aliphatic carbocycles. The minimum absolute atomic E-state index is 0.291. The lowest BCUT2D eigenvalue weighted by Crippen LogP contribution is -2.31. The predicted molar refractivity (Wildman–Crippen MR) is 72.1 cm³/mol. The highest BCUT2D eigenvalue weighted by Crippen LogP contribution is 2.40. The first-order chi connectivity index (χ1) is 9.29. The van der Waals surface area contributed by atoms with Crippen LogP contribution in [0.2, 0.25) is 0 Å². The smallest absolute Gasteiger partial charge is 0.242 e. The van der Waals surface area contributed by atoms with Crippen LogP contribution < -0.4 is 15.8 Å². The maximum Gasteiger partial charge on any atom is 0.242 e. The molecule has 2 atom stereocenters. The van der Waals surface area contributed by atoms with Crippen LogP contribution in [0.25, 0.3) is 0 Å². The minimum Gasteiger partial charge on any atom is -0.476 e. The maximum absolute atomic E-state index is 6.03. The van der Waals surface area contributed by atoms with E-state index in [1.54, 1.807) is 0 Å². The van der Waals surface area contributed by atoms with Crippen LogP contribution in [0.3, 0.4) is 0 Å². The highest BCUT2D eigenvalue weighted by Gasteiger charge is 2.40. The van der Waals surface area contributed by atoms with Crippen LogP contribution in [0, 0.1) is 5.92 Å². The molecule has 104 valence electrons. The predicted octanol–water partition coefficient (Wildman–Crippen LogP) is 1.44. The number of ether oxygens (including phenoxy) is 2. The van der Waals surface area contributed by atoms with Gasteiger partial charge in [0, 0.05) is 6.61 Å². The van der Waals surface area contributed by atoms with Crippen LogP contribution in [-0.4, -0.2) is 35.3 Å². The van der Waals surface area contributed by atoms with E-state index < -0.39 is 0 Å². The highest BCUT2D eigenvalue weighted by atomic mass is 16.5. The molecule has 1 aliphatic heterocycles. The summed E-state index contributed by atoms with van der Waals surface area (Å²) in [5.41, 5.74) is 6.51. The van der Waals surface area contributed by atoms with Crippen LogP contribution in [0.1, 0.15) is 26.2 Å². The van der Waals surface area contributed by atoms with Gasteiger partial charge in [0.25, 0.3) is 0 Å². The standard InChI is InChI=1S/C13H20N4O2/c1-2-18-13-10(14)12(15-7-16-13)17-9-5-6-19-11(9)8-3-4-8/h7-9,11H,2-6,14H2,1H3,(H,15,16,17). The molecule has 0 amide bonds. The van der Waals surface area contributed by atoms with Crippen LogP contribution in [0.4, 0.5) is 11.5 Å². The fourth-order valence-electron chi connectivity index (χ4n) is 2.58. The Balaban J connectivity index is 1.73. The summed E-state index contributed by atoms with van der Waals surface area (Å²) < 4.78 is 11.2. The second-order valence-corrected chi connectivity index (χ2v) is 5.09. The number of nitrogens with zero attached hydrogens (tertiary/aromatic N) is 2. The van der Waals surface area contributed by atoms with Crippen molar-refractivity contribution in [3.8, 4) is 5.88 Å². The Morgan fingerprint density at radius 2 is 2.26 bits per heavy atom. The van der Waals surface area contributed by atoms with Gasteiger partial charge in [-0.2, -0.15) is 4.98 Å². The quantitative estimate of drug-likeness (QED) is 0.837. The second-order valence-electron chi connectivity index (χ2n) is 5.09. The van der Waals surface area contributed by atoms with Gasteiger partial charge in [-0.15, -0.1) is 0 Å². The normalized spacial score (nSPS) is 26.4. The van der Waals surface area contributed by atoms with Gasteiger partial charge < -0.3 is 20.5 Å². The number of nitrogen functional groups attached to an aromatic ring is 1. The molecule has 1 saturated heterocycles. The molecule has 0 radical (unpaired) electrons. The summed E-state index contributed by atoms with van der Waals surface area (Å²) in [5.74, 6) is 1.80. The Bertz CT molecular complexity index is 450. The van der Waals surface area contributed by atoms with Crippen molar-refractivity contribution >= 4 is 11.5 Å².